The molecular formula is C13H21N5O2. The first-order chi connectivity index (χ1) is 9.58. The van der Waals surface area contributed by atoms with Gasteiger partial charge in [-0.1, -0.05) is 0 Å². The van der Waals surface area contributed by atoms with E-state index in [9.17, 15) is 9.59 Å². The Labute approximate surface area is 118 Å². The highest BCUT2D eigenvalue weighted by Gasteiger charge is 2.06. The molecule has 0 bridgehead atoms. The minimum atomic E-state index is -0.177. The van der Waals surface area contributed by atoms with Gasteiger partial charge in [0, 0.05) is 31.4 Å². The maximum Gasteiger partial charge on any atom is 0.239 e. The molecular weight excluding hydrogens is 258 g/mol. The number of amides is 2. The van der Waals surface area contributed by atoms with E-state index >= 15 is 0 Å². The van der Waals surface area contributed by atoms with E-state index in [2.05, 4.69) is 25.9 Å². The summed E-state index contributed by atoms with van der Waals surface area (Å²) in [6.45, 7) is 4.37. The van der Waals surface area contributed by atoms with E-state index in [1.165, 1.54) is 0 Å². The highest BCUT2D eigenvalue weighted by molar-refractivity contribution is 5.84. The highest BCUT2D eigenvalue weighted by atomic mass is 16.2. The van der Waals surface area contributed by atoms with Crippen LogP contribution < -0.4 is 16.0 Å². The Morgan fingerprint density at radius 2 is 1.90 bits per heavy atom. The molecule has 0 aliphatic carbocycles. The minimum absolute atomic E-state index is 0.0201. The molecule has 0 aliphatic heterocycles. The third kappa shape index (κ3) is 7.30. The first-order valence-electron chi connectivity index (χ1n) is 6.65. The number of hydrogen-bond acceptors (Lipinski definition) is 5. The molecule has 0 saturated carbocycles. The van der Waals surface area contributed by atoms with E-state index in [1.807, 2.05) is 13.8 Å². The van der Waals surface area contributed by atoms with Crippen LogP contribution in [0.4, 0.5) is 5.95 Å². The zero-order valence-corrected chi connectivity index (χ0v) is 11.8. The summed E-state index contributed by atoms with van der Waals surface area (Å²) < 4.78 is 0. The van der Waals surface area contributed by atoms with Gasteiger partial charge >= 0.3 is 0 Å². The average molecular weight is 279 g/mol. The van der Waals surface area contributed by atoms with Crippen molar-refractivity contribution in [3.05, 3.63) is 18.5 Å². The molecule has 0 spiro atoms. The normalized spacial score (nSPS) is 10.2. The second-order valence-electron chi connectivity index (χ2n) is 4.60. The van der Waals surface area contributed by atoms with Crippen molar-refractivity contribution in [2.75, 3.05) is 18.4 Å². The Balaban J connectivity index is 2.07. The van der Waals surface area contributed by atoms with Crippen LogP contribution in [0.15, 0.2) is 18.5 Å². The summed E-state index contributed by atoms with van der Waals surface area (Å²) in [5.74, 6) is 0.230. The molecule has 1 heterocycles. The van der Waals surface area contributed by atoms with Crippen LogP contribution in [0.1, 0.15) is 26.7 Å². The van der Waals surface area contributed by atoms with Crippen LogP contribution in [-0.4, -0.2) is 40.9 Å². The van der Waals surface area contributed by atoms with Gasteiger partial charge in [0.25, 0.3) is 0 Å². The summed E-state index contributed by atoms with van der Waals surface area (Å²) in [6.07, 6.45) is 4.30. The van der Waals surface area contributed by atoms with Crippen LogP contribution >= 0.6 is 0 Å². The van der Waals surface area contributed by atoms with Gasteiger partial charge in [0.1, 0.15) is 0 Å². The predicted molar refractivity (Wildman–Crippen MR) is 76.0 cm³/mol. The molecule has 1 aromatic heterocycles. The maximum absolute atomic E-state index is 11.5. The number of aromatic nitrogens is 2. The first kappa shape index (κ1) is 15.9. The second-order valence-corrected chi connectivity index (χ2v) is 4.60. The third-order valence-corrected chi connectivity index (χ3v) is 2.33. The van der Waals surface area contributed by atoms with Gasteiger partial charge in [0.05, 0.1) is 6.54 Å². The third-order valence-electron chi connectivity index (χ3n) is 2.33. The zero-order valence-electron chi connectivity index (χ0n) is 11.8. The smallest absolute Gasteiger partial charge is 0.239 e. The summed E-state index contributed by atoms with van der Waals surface area (Å²) in [6, 6.07) is 1.82. The van der Waals surface area contributed by atoms with E-state index in [-0.39, 0.29) is 24.4 Å². The number of hydrogen-bond donors (Lipinski definition) is 3. The largest absolute Gasteiger partial charge is 0.354 e. The van der Waals surface area contributed by atoms with Crippen molar-refractivity contribution in [1.29, 1.82) is 0 Å². The maximum atomic E-state index is 11.5. The van der Waals surface area contributed by atoms with Gasteiger partial charge in [-0.3, -0.25) is 9.59 Å². The standard InChI is InChI=1S/C13H21N5O2/c1-10(2)18-12(20)9-17-11(19)5-3-6-14-13-15-7-4-8-16-13/h4,7-8,10H,3,5-6,9H2,1-2H3,(H,17,19)(H,18,20)(H,14,15,16). The minimum Gasteiger partial charge on any atom is -0.354 e. The van der Waals surface area contributed by atoms with Crippen LogP contribution in [0.25, 0.3) is 0 Å². The monoisotopic (exact) mass is 279 g/mol. The zero-order chi connectivity index (χ0) is 14.8. The van der Waals surface area contributed by atoms with E-state index in [1.54, 1.807) is 18.5 Å². The molecule has 2 amide bonds. The van der Waals surface area contributed by atoms with E-state index < -0.39 is 0 Å². The van der Waals surface area contributed by atoms with Crippen LogP contribution in [0.2, 0.25) is 0 Å². The number of carbonyl (C=O) groups is 2. The Bertz CT molecular complexity index is 422. The van der Waals surface area contributed by atoms with Gasteiger partial charge in [0.15, 0.2) is 0 Å². The Morgan fingerprint density at radius 3 is 2.55 bits per heavy atom. The molecule has 0 aliphatic rings. The summed E-state index contributed by atoms with van der Waals surface area (Å²) in [7, 11) is 0. The number of carbonyl (C=O) groups excluding carboxylic acids is 2. The van der Waals surface area contributed by atoms with Crippen LogP contribution in [0, 0.1) is 0 Å². The highest BCUT2D eigenvalue weighted by Crippen LogP contribution is 1.95. The lowest BCUT2D eigenvalue weighted by Crippen LogP contribution is -2.39. The van der Waals surface area contributed by atoms with Gasteiger partial charge in [-0.15, -0.1) is 0 Å². The van der Waals surface area contributed by atoms with Crippen molar-refractivity contribution >= 4 is 17.8 Å². The van der Waals surface area contributed by atoms with Crippen molar-refractivity contribution in [2.24, 2.45) is 0 Å². The lowest BCUT2D eigenvalue weighted by Gasteiger charge is -2.09. The van der Waals surface area contributed by atoms with Crippen LogP contribution in [0.3, 0.4) is 0 Å². The molecule has 0 radical (unpaired) electrons. The SMILES string of the molecule is CC(C)NC(=O)CNC(=O)CCCNc1ncccn1. The molecule has 7 nitrogen and oxygen atoms in total. The summed E-state index contributed by atoms with van der Waals surface area (Å²) in [5, 5.41) is 8.29. The van der Waals surface area contributed by atoms with Gasteiger partial charge in [-0.05, 0) is 26.3 Å². The number of anilines is 1. The topological polar surface area (TPSA) is 96.0 Å². The quantitative estimate of drug-likeness (QED) is 0.595. The van der Waals surface area contributed by atoms with E-state index in [0.717, 1.165) is 0 Å². The number of rotatable bonds is 8. The Kier molecular flexibility index (Phi) is 7.02. The molecule has 0 atom stereocenters. The van der Waals surface area contributed by atoms with Crippen molar-refractivity contribution in [1.82, 2.24) is 20.6 Å². The lowest BCUT2D eigenvalue weighted by molar-refractivity contribution is -0.126. The molecule has 7 heteroatoms. The van der Waals surface area contributed by atoms with Crippen molar-refractivity contribution in [3.63, 3.8) is 0 Å². The Hall–Kier alpha value is -2.18. The van der Waals surface area contributed by atoms with E-state index in [0.29, 0.717) is 25.3 Å². The van der Waals surface area contributed by atoms with Crippen LogP contribution in [0.5, 0.6) is 0 Å². The lowest BCUT2D eigenvalue weighted by atomic mass is 10.3. The molecule has 1 aromatic rings. The first-order valence-corrected chi connectivity index (χ1v) is 6.65. The van der Waals surface area contributed by atoms with E-state index in [4.69, 9.17) is 0 Å². The summed E-state index contributed by atoms with van der Waals surface area (Å²) in [5.41, 5.74) is 0. The fourth-order valence-corrected chi connectivity index (χ4v) is 1.48. The summed E-state index contributed by atoms with van der Waals surface area (Å²) in [4.78, 5) is 30.8. The van der Waals surface area contributed by atoms with Gasteiger partial charge in [-0.2, -0.15) is 0 Å². The molecule has 20 heavy (non-hydrogen) atoms. The molecule has 0 saturated heterocycles. The summed E-state index contributed by atoms with van der Waals surface area (Å²) >= 11 is 0. The fraction of sp³-hybridized carbons (Fsp3) is 0.538. The van der Waals surface area contributed by atoms with Gasteiger partial charge in [0.2, 0.25) is 17.8 Å². The molecule has 1 rings (SSSR count). The molecule has 0 aromatic carbocycles. The van der Waals surface area contributed by atoms with Crippen molar-refractivity contribution in [3.8, 4) is 0 Å². The Morgan fingerprint density at radius 1 is 1.20 bits per heavy atom. The fourth-order valence-electron chi connectivity index (χ4n) is 1.48. The number of nitrogens with one attached hydrogen (secondary N) is 3. The molecule has 110 valence electrons. The predicted octanol–water partition coefficient (Wildman–Crippen LogP) is 0.310. The van der Waals surface area contributed by atoms with Crippen molar-refractivity contribution < 1.29 is 9.59 Å². The molecule has 3 N–H and O–H groups in total. The molecule has 0 fully saturated rings. The molecule has 0 unspecified atom stereocenters. The average Bonchev–Trinajstić information content (AvgIpc) is 2.42. The number of nitrogens with zero attached hydrogens (tertiary/aromatic N) is 2. The second kappa shape index (κ2) is 8.84. The van der Waals surface area contributed by atoms with Gasteiger partial charge < -0.3 is 16.0 Å². The van der Waals surface area contributed by atoms with Crippen molar-refractivity contribution in [2.45, 2.75) is 32.7 Å². The van der Waals surface area contributed by atoms with Crippen LogP contribution in [-0.2, 0) is 9.59 Å². The van der Waals surface area contributed by atoms with Gasteiger partial charge in [-0.25, -0.2) is 9.97 Å².